The van der Waals surface area contributed by atoms with Gasteiger partial charge in [-0.2, -0.15) is 0 Å². The maximum absolute atomic E-state index is 11.2. The molecule has 1 rings (SSSR count). The number of carbonyl (C=O) groups is 1. The average molecular weight is 208 g/mol. The Morgan fingerprint density at radius 2 is 2.45 bits per heavy atom. The summed E-state index contributed by atoms with van der Waals surface area (Å²) in [6.45, 7) is 2.49. The zero-order valence-electron chi connectivity index (χ0n) is 5.83. The first-order valence-corrected chi connectivity index (χ1v) is 4.71. The van der Waals surface area contributed by atoms with E-state index in [-0.39, 0.29) is 5.91 Å². The number of carbonyl (C=O) groups excluding carboxylic acids is 1. The summed E-state index contributed by atoms with van der Waals surface area (Å²) in [5.41, 5.74) is 1.27. The van der Waals surface area contributed by atoms with Gasteiger partial charge in [-0.1, -0.05) is 35.6 Å². The van der Waals surface area contributed by atoms with Crippen LogP contribution in [0.15, 0.2) is 10.4 Å². The molecular formula is C6H6ClNOS2. The van der Waals surface area contributed by atoms with Crippen LogP contribution in [0.25, 0.3) is 0 Å². The summed E-state index contributed by atoms with van der Waals surface area (Å²) >= 11 is 11.6. The molecule has 0 spiro atoms. The van der Waals surface area contributed by atoms with Crippen molar-refractivity contribution in [3.05, 3.63) is 10.4 Å². The van der Waals surface area contributed by atoms with Crippen molar-refractivity contribution < 1.29 is 4.79 Å². The Morgan fingerprint density at radius 3 is 2.73 bits per heavy atom. The number of halogens is 1. The average Bonchev–Trinajstić information content (AvgIpc) is 2.26. The molecule has 0 unspecified atom stereocenters. The zero-order chi connectivity index (χ0) is 8.43. The highest BCUT2D eigenvalue weighted by atomic mass is 35.5. The van der Waals surface area contributed by atoms with E-state index in [1.54, 1.807) is 0 Å². The van der Waals surface area contributed by atoms with Crippen molar-refractivity contribution in [2.24, 2.45) is 0 Å². The molecule has 0 aromatic heterocycles. The minimum absolute atomic E-state index is 0.0856. The predicted octanol–water partition coefficient (Wildman–Crippen LogP) is 1.95. The van der Waals surface area contributed by atoms with Crippen molar-refractivity contribution in [2.45, 2.75) is 6.92 Å². The molecule has 1 aliphatic heterocycles. The van der Waals surface area contributed by atoms with Crippen molar-refractivity contribution in [3.8, 4) is 0 Å². The fourth-order valence-electron chi connectivity index (χ4n) is 0.750. The van der Waals surface area contributed by atoms with Gasteiger partial charge in [-0.15, -0.1) is 0 Å². The molecule has 0 aliphatic carbocycles. The standard InChI is InChI=1S/C6H6ClNOS2/c1-2-8-5(9)4(3-7)11-6(8)10/h3H,2H2,1H3. The molecule has 0 atom stereocenters. The predicted molar refractivity (Wildman–Crippen MR) is 51.5 cm³/mol. The van der Waals surface area contributed by atoms with Crippen LogP contribution in [0, 0.1) is 0 Å². The van der Waals surface area contributed by atoms with E-state index >= 15 is 0 Å². The molecule has 0 aromatic rings. The smallest absolute Gasteiger partial charge is 0.267 e. The van der Waals surface area contributed by atoms with Gasteiger partial charge in [0.15, 0.2) is 0 Å². The van der Waals surface area contributed by atoms with Crippen molar-refractivity contribution in [3.63, 3.8) is 0 Å². The molecule has 0 N–H and O–H groups in total. The van der Waals surface area contributed by atoms with Gasteiger partial charge in [0.1, 0.15) is 4.32 Å². The summed E-state index contributed by atoms with van der Waals surface area (Å²) in [6, 6.07) is 0. The van der Waals surface area contributed by atoms with E-state index in [4.69, 9.17) is 23.8 Å². The fourth-order valence-corrected chi connectivity index (χ4v) is 2.21. The summed E-state index contributed by atoms with van der Waals surface area (Å²) in [4.78, 5) is 13.3. The second-order valence-corrected chi connectivity index (χ2v) is 3.78. The van der Waals surface area contributed by atoms with E-state index in [2.05, 4.69) is 0 Å². The van der Waals surface area contributed by atoms with Crippen LogP contribution in [0.1, 0.15) is 6.92 Å². The van der Waals surface area contributed by atoms with Crippen molar-refractivity contribution in [2.75, 3.05) is 6.54 Å². The topological polar surface area (TPSA) is 20.3 Å². The van der Waals surface area contributed by atoms with E-state index < -0.39 is 0 Å². The van der Waals surface area contributed by atoms with Crippen LogP contribution in [0.5, 0.6) is 0 Å². The first-order chi connectivity index (χ1) is 5.20. The normalized spacial score (nSPS) is 22.0. The molecule has 1 heterocycles. The number of hydrogen-bond donors (Lipinski definition) is 0. The number of nitrogens with zero attached hydrogens (tertiary/aromatic N) is 1. The third-order valence-electron chi connectivity index (χ3n) is 1.29. The molecule has 5 heteroatoms. The van der Waals surface area contributed by atoms with Gasteiger partial charge in [0.2, 0.25) is 0 Å². The number of thiocarbonyl (C=S) groups is 1. The number of rotatable bonds is 1. The number of amides is 1. The van der Waals surface area contributed by atoms with Gasteiger partial charge in [0, 0.05) is 12.1 Å². The first kappa shape index (κ1) is 9.03. The molecule has 1 saturated heterocycles. The van der Waals surface area contributed by atoms with E-state index in [0.29, 0.717) is 15.8 Å². The molecule has 1 aliphatic rings. The molecule has 0 aromatic carbocycles. The van der Waals surface area contributed by atoms with Crippen molar-refractivity contribution >= 4 is 45.8 Å². The summed E-state index contributed by atoms with van der Waals surface area (Å²) in [7, 11) is 0. The molecule has 11 heavy (non-hydrogen) atoms. The fraction of sp³-hybridized carbons (Fsp3) is 0.333. The summed E-state index contributed by atoms with van der Waals surface area (Å²) < 4.78 is 0.587. The SMILES string of the molecule is CCN1C(=O)C(=CCl)SC1=S. The van der Waals surface area contributed by atoms with Crippen LogP contribution in [-0.4, -0.2) is 21.7 Å². The molecule has 1 amide bonds. The highest BCUT2D eigenvalue weighted by molar-refractivity contribution is 8.26. The maximum atomic E-state index is 11.2. The number of thioether (sulfide) groups is 1. The van der Waals surface area contributed by atoms with Gasteiger partial charge in [-0.3, -0.25) is 9.69 Å². The van der Waals surface area contributed by atoms with Crippen LogP contribution in [-0.2, 0) is 4.79 Å². The van der Waals surface area contributed by atoms with E-state index in [1.807, 2.05) is 6.92 Å². The molecule has 0 bridgehead atoms. The lowest BCUT2D eigenvalue weighted by Crippen LogP contribution is -2.27. The Bertz CT molecular complexity index is 239. The Morgan fingerprint density at radius 1 is 1.82 bits per heavy atom. The quantitative estimate of drug-likeness (QED) is 0.484. The van der Waals surface area contributed by atoms with E-state index in [9.17, 15) is 4.79 Å². The molecule has 0 radical (unpaired) electrons. The third kappa shape index (κ3) is 1.58. The van der Waals surface area contributed by atoms with Crippen LogP contribution < -0.4 is 0 Å². The summed E-state index contributed by atoms with van der Waals surface area (Å²) in [6.07, 6.45) is 0. The second-order valence-electron chi connectivity index (χ2n) is 1.89. The third-order valence-corrected chi connectivity index (χ3v) is 3.01. The minimum Gasteiger partial charge on any atom is -0.293 e. The maximum Gasteiger partial charge on any atom is 0.267 e. The lowest BCUT2D eigenvalue weighted by molar-refractivity contribution is -0.122. The van der Waals surface area contributed by atoms with Crippen LogP contribution in [0.3, 0.4) is 0 Å². The van der Waals surface area contributed by atoms with E-state index in [0.717, 1.165) is 0 Å². The molecule has 2 nitrogen and oxygen atoms in total. The number of likely N-dealkylation sites (N-methyl/N-ethyl adjacent to an activating group) is 1. The van der Waals surface area contributed by atoms with Gasteiger partial charge in [-0.05, 0) is 6.92 Å². The second kappa shape index (κ2) is 3.56. The Kier molecular flexibility index (Phi) is 2.92. The van der Waals surface area contributed by atoms with Gasteiger partial charge in [0.05, 0.1) is 4.91 Å². The van der Waals surface area contributed by atoms with Crippen LogP contribution in [0.4, 0.5) is 0 Å². The highest BCUT2D eigenvalue weighted by Crippen LogP contribution is 2.30. The Labute approximate surface area is 79.6 Å². The van der Waals surface area contributed by atoms with Gasteiger partial charge < -0.3 is 0 Å². The van der Waals surface area contributed by atoms with Crippen molar-refractivity contribution in [1.82, 2.24) is 4.90 Å². The minimum atomic E-state index is -0.0856. The Balaban J connectivity index is 2.88. The number of hydrogen-bond acceptors (Lipinski definition) is 3. The zero-order valence-corrected chi connectivity index (χ0v) is 8.22. The molecule has 1 fully saturated rings. The largest absolute Gasteiger partial charge is 0.293 e. The van der Waals surface area contributed by atoms with E-state index in [1.165, 1.54) is 22.2 Å². The Hall–Kier alpha value is -0.0600. The van der Waals surface area contributed by atoms with Crippen LogP contribution >= 0.6 is 35.6 Å². The van der Waals surface area contributed by atoms with Gasteiger partial charge in [0.25, 0.3) is 5.91 Å². The molecular weight excluding hydrogens is 202 g/mol. The highest BCUT2D eigenvalue weighted by Gasteiger charge is 2.30. The molecule has 60 valence electrons. The van der Waals surface area contributed by atoms with Gasteiger partial charge in [-0.25, -0.2) is 0 Å². The van der Waals surface area contributed by atoms with Crippen LogP contribution in [0.2, 0.25) is 0 Å². The van der Waals surface area contributed by atoms with Crippen molar-refractivity contribution in [1.29, 1.82) is 0 Å². The van der Waals surface area contributed by atoms with Gasteiger partial charge >= 0.3 is 0 Å². The first-order valence-electron chi connectivity index (χ1n) is 3.04. The summed E-state index contributed by atoms with van der Waals surface area (Å²) in [5.74, 6) is -0.0856. The molecule has 0 saturated carbocycles. The summed E-state index contributed by atoms with van der Waals surface area (Å²) in [5, 5.41) is 0. The monoisotopic (exact) mass is 207 g/mol. The lowest BCUT2D eigenvalue weighted by atomic mass is 10.5. The lowest BCUT2D eigenvalue weighted by Gasteiger charge is -2.09.